The first-order valence-corrected chi connectivity index (χ1v) is 6.72. The third kappa shape index (κ3) is 5.27. The maximum Gasteiger partial charge on any atom is 0.191 e. The Morgan fingerprint density at radius 2 is 2.11 bits per heavy atom. The molecule has 0 atom stereocenters. The van der Waals surface area contributed by atoms with Crippen LogP contribution in [0.5, 0.6) is 0 Å². The summed E-state index contributed by atoms with van der Waals surface area (Å²) < 4.78 is 0. The first kappa shape index (κ1) is 14.6. The number of benzene rings is 1. The molecule has 0 aromatic heterocycles. The lowest BCUT2D eigenvalue weighted by atomic mass is 10.1. The van der Waals surface area contributed by atoms with Crippen molar-refractivity contribution >= 4 is 29.2 Å². The van der Waals surface area contributed by atoms with Crippen LogP contribution >= 0.6 is 12.2 Å². The zero-order valence-electron chi connectivity index (χ0n) is 11.2. The Kier molecular flexibility index (Phi) is 6.36. The predicted molar refractivity (Wildman–Crippen MR) is 83.1 cm³/mol. The molecule has 1 aromatic rings. The van der Waals surface area contributed by atoms with Gasteiger partial charge in [-0.3, -0.25) is 5.43 Å². The quantitative estimate of drug-likeness (QED) is 0.484. The fraction of sp³-hybridized carbons (Fsp3) is 0.429. The molecule has 1 rings (SSSR count). The summed E-state index contributed by atoms with van der Waals surface area (Å²) >= 11 is 5.20. The van der Waals surface area contributed by atoms with E-state index < -0.39 is 0 Å². The number of nitrogens with zero attached hydrogens (tertiary/aromatic N) is 1. The number of anilines is 1. The number of aryl methyl sites for hydroxylation is 1. The van der Waals surface area contributed by atoms with E-state index >= 15 is 0 Å². The summed E-state index contributed by atoms with van der Waals surface area (Å²) in [4.78, 5) is 0. The van der Waals surface area contributed by atoms with Gasteiger partial charge >= 0.3 is 0 Å². The second kappa shape index (κ2) is 7.82. The van der Waals surface area contributed by atoms with Crippen LogP contribution in [0.15, 0.2) is 29.4 Å². The van der Waals surface area contributed by atoms with Gasteiger partial charge in [0.1, 0.15) is 0 Å². The van der Waals surface area contributed by atoms with E-state index in [1.165, 1.54) is 5.56 Å². The van der Waals surface area contributed by atoms with Crippen molar-refractivity contribution in [2.45, 2.75) is 33.6 Å². The molecular formula is C14H21N3S. The van der Waals surface area contributed by atoms with Gasteiger partial charge in [0.05, 0.1) is 0 Å². The second-order valence-electron chi connectivity index (χ2n) is 4.50. The molecule has 3 nitrogen and oxygen atoms in total. The Hall–Kier alpha value is -1.42. The maximum atomic E-state index is 5.20. The number of hydrazone groups is 1. The average molecular weight is 263 g/mol. The first-order valence-electron chi connectivity index (χ1n) is 6.31. The number of nitrogens with one attached hydrogen (secondary N) is 2. The molecule has 0 fully saturated rings. The lowest BCUT2D eigenvalue weighted by Gasteiger charge is -2.11. The Morgan fingerprint density at radius 1 is 1.39 bits per heavy atom. The van der Waals surface area contributed by atoms with Crippen LogP contribution in [0, 0.1) is 5.92 Å². The number of rotatable bonds is 5. The molecule has 4 heteroatoms. The molecule has 0 bridgehead atoms. The van der Waals surface area contributed by atoms with Gasteiger partial charge in [0, 0.05) is 11.9 Å². The van der Waals surface area contributed by atoms with Crippen molar-refractivity contribution in [3.63, 3.8) is 0 Å². The third-order valence-corrected chi connectivity index (χ3v) is 2.52. The topological polar surface area (TPSA) is 36.4 Å². The highest BCUT2D eigenvalue weighted by Gasteiger charge is 2.02. The molecule has 0 aliphatic heterocycles. The first-order chi connectivity index (χ1) is 8.63. The molecule has 0 spiro atoms. The molecule has 0 heterocycles. The normalized spacial score (nSPS) is 10.9. The molecule has 0 aliphatic rings. The van der Waals surface area contributed by atoms with Gasteiger partial charge in [-0.2, -0.15) is 5.10 Å². The molecule has 0 aliphatic carbocycles. The zero-order valence-corrected chi connectivity index (χ0v) is 12.1. The molecule has 1 aromatic carbocycles. The summed E-state index contributed by atoms with van der Waals surface area (Å²) in [5.74, 6) is 0.410. The van der Waals surface area contributed by atoms with Crippen molar-refractivity contribution in [1.29, 1.82) is 0 Å². The lowest BCUT2D eigenvalue weighted by Crippen LogP contribution is -2.24. The molecule has 0 unspecified atom stereocenters. The van der Waals surface area contributed by atoms with Gasteiger partial charge in [-0.1, -0.05) is 45.4 Å². The Balaban J connectivity index is 2.58. The van der Waals surface area contributed by atoms with Gasteiger partial charge in [0.15, 0.2) is 5.11 Å². The number of hydrogen-bond donors (Lipinski definition) is 2. The minimum absolute atomic E-state index is 0.410. The smallest absolute Gasteiger partial charge is 0.191 e. The van der Waals surface area contributed by atoms with E-state index in [0.29, 0.717) is 11.0 Å². The van der Waals surface area contributed by atoms with Crippen LogP contribution in [-0.2, 0) is 6.42 Å². The van der Waals surface area contributed by atoms with Crippen molar-refractivity contribution in [3.8, 4) is 0 Å². The van der Waals surface area contributed by atoms with Crippen LogP contribution < -0.4 is 10.7 Å². The summed E-state index contributed by atoms with van der Waals surface area (Å²) in [6.07, 6.45) is 3.98. The van der Waals surface area contributed by atoms with Crippen LogP contribution in [0.4, 0.5) is 5.69 Å². The van der Waals surface area contributed by atoms with E-state index in [1.54, 1.807) is 0 Å². The van der Waals surface area contributed by atoms with Gasteiger partial charge in [0.25, 0.3) is 0 Å². The van der Waals surface area contributed by atoms with Crippen LogP contribution in [0.25, 0.3) is 0 Å². The van der Waals surface area contributed by atoms with Crippen LogP contribution in [0.2, 0.25) is 0 Å². The summed E-state index contributed by atoms with van der Waals surface area (Å²) in [7, 11) is 0. The molecule has 0 amide bonds. The number of hydrogen-bond acceptors (Lipinski definition) is 2. The highest BCUT2D eigenvalue weighted by atomic mass is 32.1. The van der Waals surface area contributed by atoms with E-state index in [4.69, 9.17) is 12.2 Å². The summed E-state index contributed by atoms with van der Waals surface area (Å²) in [6.45, 7) is 6.30. The monoisotopic (exact) mass is 263 g/mol. The van der Waals surface area contributed by atoms with Gasteiger partial charge in [-0.05, 0) is 36.2 Å². The van der Waals surface area contributed by atoms with Crippen LogP contribution in [0.3, 0.4) is 0 Å². The van der Waals surface area contributed by atoms with E-state index in [0.717, 1.165) is 18.5 Å². The molecule has 98 valence electrons. The van der Waals surface area contributed by atoms with Crippen LogP contribution in [0.1, 0.15) is 32.8 Å². The van der Waals surface area contributed by atoms with Crippen molar-refractivity contribution in [1.82, 2.24) is 5.43 Å². The van der Waals surface area contributed by atoms with Gasteiger partial charge in [0.2, 0.25) is 0 Å². The highest BCUT2D eigenvalue weighted by molar-refractivity contribution is 7.80. The fourth-order valence-electron chi connectivity index (χ4n) is 1.52. The largest absolute Gasteiger partial charge is 0.331 e. The summed E-state index contributed by atoms with van der Waals surface area (Å²) in [5.41, 5.74) is 5.15. The highest BCUT2D eigenvalue weighted by Crippen LogP contribution is 2.16. The van der Waals surface area contributed by atoms with E-state index in [2.05, 4.69) is 42.7 Å². The minimum atomic E-state index is 0.410. The molecule has 0 saturated heterocycles. The Labute approximate surface area is 115 Å². The molecule has 2 N–H and O–H groups in total. The lowest BCUT2D eigenvalue weighted by molar-refractivity contribution is 0.885. The number of para-hydroxylation sites is 1. The zero-order chi connectivity index (χ0) is 13.4. The molecule has 0 saturated carbocycles. The Morgan fingerprint density at radius 3 is 2.78 bits per heavy atom. The molecular weight excluding hydrogens is 242 g/mol. The fourth-order valence-corrected chi connectivity index (χ4v) is 1.69. The van der Waals surface area contributed by atoms with Crippen molar-refractivity contribution < 1.29 is 0 Å². The maximum absolute atomic E-state index is 5.20. The standard InChI is InChI=1S/C14H21N3S/c1-4-7-12-8-5-6-9-13(12)16-14(18)17-15-10-11(2)3/h5-6,8-11H,4,7H2,1-3H3,(H2,16,17,18)/b15-10+. The van der Waals surface area contributed by atoms with Gasteiger partial charge in [-0.25, -0.2) is 0 Å². The van der Waals surface area contributed by atoms with Crippen molar-refractivity contribution in [3.05, 3.63) is 29.8 Å². The third-order valence-electron chi connectivity index (χ3n) is 2.32. The van der Waals surface area contributed by atoms with Gasteiger partial charge in [-0.15, -0.1) is 0 Å². The predicted octanol–water partition coefficient (Wildman–Crippen LogP) is 3.57. The minimum Gasteiger partial charge on any atom is -0.331 e. The van der Waals surface area contributed by atoms with Crippen molar-refractivity contribution in [2.24, 2.45) is 11.0 Å². The van der Waals surface area contributed by atoms with E-state index in [-0.39, 0.29) is 0 Å². The van der Waals surface area contributed by atoms with Crippen LogP contribution in [-0.4, -0.2) is 11.3 Å². The van der Waals surface area contributed by atoms with E-state index in [9.17, 15) is 0 Å². The average Bonchev–Trinajstić information content (AvgIpc) is 2.31. The van der Waals surface area contributed by atoms with Gasteiger partial charge < -0.3 is 5.32 Å². The summed E-state index contributed by atoms with van der Waals surface area (Å²) in [5, 5.41) is 7.76. The Bertz CT molecular complexity index is 413. The van der Waals surface area contributed by atoms with E-state index in [1.807, 2.05) is 24.4 Å². The molecule has 0 radical (unpaired) electrons. The van der Waals surface area contributed by atoms with Crippen molar-refractivity contribution in [2.75, 3.05) is 5.32 Å². The summed E-state index contributed by atoms with van der Waals surface area (Å²) in [6, 6.07) is 8.20. The second-order valence-corrected chi connectivity index (χ2v) is 4.90. The number of thiocarbonyl (C=S) groups is 1. The molecule has 18 heavy (non-hydrogen) atoms. The SMILES string of the molecule is CCCc1ccccc1NC(=S)N/N=C/C(C)C.